The molecule has 1 saturated heterocycles. The average Bonchev–Trinajstić information content (AvgIpc) is 3.14. The van der Waals surface area contributed by atoms with Crippen molar-refractivity contribution >= 4 is 45.9 Å². The van der Waals surface area contributed by atoms with Gasteiger partial charge in [-0.3, -0.25) is 9.69 Å². The maximum absolute atomic E-state index is 13.4. The van der Waals surface area contributed by atoms with Crippen LogP contribution in [0, 0.1) is 0 Å². The van der Waals surface area contributed by atoms with Crippen LogP contribution in [0.1, 0.15) is 45.2 Å². The molecule has 6 nitrogen and oxygen atoms in total. The van der Waals surface area contributed by atoms with Gasteiger partial charge in [0.15, 0.2) is 5.17 Å². The van der Waals surface area contributed by atoms with Gasteiger partial charge in [-0.25, -0.2) is 4.99 Å². The first-order chi connectivity index (χ1) is 17.3. The molecule has 0 bridgehead atoms. The fourth-order valence-corrected chi connectivity index (χ4v) is 5.74. The fourth-order valence-electron chi connectivity index (χ4n) is 4.71. The van der Waals surface area contributed by atoms with E-state index >= 15 is 0 Å². The summed E-state index contributed by atoms with van der Waals surface area (Å²) in [5.74, 6) is 0.714. The number of methoxy groups -OCH3 is 2. The predicted molar refractivity (Wildman–Crippen MR) is 151 cm³/mol. The molecule has 4 rings (SSSR count). The van der Waals surface area contributed by atoms with Crippen LogP contribution >= 0.6 is 11.8 Å². The molecule has 0 aromatic heterocycles. The molecule has 2 heterocycles. The van der Waals surface area contributed by atoms with E-state index in [0.717, 1.165) is 30.0 Å². The van der Waals surface area contributed by atoms with Crippen molar-refractivity contribution in [2.75, 3.05) is 38.8 Å². The molecule has 1 fully saturated rings. The van der Waals surface area contributed by atoms with Crippen molar-refractivity contribution in [3.8, 4) is 5.75 Å². The maximum Gasteiger partial charge on any atom is 0.266 e. The Labute approximate surface area is 218 Å². The molecular formula is C29H35N3O3S. The molecule has 0 radical (unpaired) electrons. The maximum atomic E-state index is 13.4. The Morgan fingerprint density at radius 1 is 1.08 bits per heavy atom. The lowest BCUT2D eigenvalue weighted by atomic mass is 9.88. The van der Waals surface area contributed by atoms with Gasteiger partial charge in [0.05, 0.1) is 36.4 Å². The molecule has 1 amide bonds. The molecule has 36 heavy (non-hydrogen) atoms. The first-order valence-corrected chi connectivity index (χ1v) is 13.1. The number of hydrogen-bond acceptors (Lipinski definition) is 6. The third-order valence-corrected chi connectivity index (χ3v) is 7.46. The highest BCUT2D eigenvalue weighted by Gasteiger charge is 2.34. The number of benzene rings is 2. The second-order valence-electron chi connectivity index (χ2n) is 9.56. The molecule has 7 heteroatoms. The molecule has 0 atom stereocenters. The van der Waals surface area contributed by atoms with E-state index in [1.165, 1.54) is 28.6 Å². The standard InChI is InChI=1S/C29H35N3O3S/c1-7-14-32-25-13-8-21(17-24(25)20(2)19-29(32,3)4)18-26-27(33)31(15-16-34-5)28(36-26)30-22-9-11-23(35-6)12-10-22/h8-13,17-19H,7,14-16H2,1-6H3/b26-18+,30-28?. The van der Waals surface area contributed by atoms with Crippen LogP contribution < -0.4 is 9.64 Å². The highest BCUT2D eigenvalue weighted by Crippen LogP contribution is 2.40. The van der Waals surface area contributed by atoms with Crippen molar-refractivity contribution in [1.82, 2.24) is 4.90 Å². The monoisotopic (exact) mass is 505 g/mol. The van der Waals surface area contributed by atoms with Gasteiger partial charge in [0.2, 0.25) is 0 Å². The van der Waals surface area contributed by atoms with Gasteiger partial charge in [-0.15, -0.1) is 0 Å². The molecule has 190 valence electrons. The van der Waals surface area contributed by atoms with E-state index < -0.39 is 0 Å². The summed E-state index contributed by atoms with van der Waals surface area (Å²) in [5, 5.41) is 0.651. The predicted octanol–water partition coefficient (Wildman–Crippen LogP) is 6.36. The van der Waals surface area contributed by atoms with Crippen LogP contribution in [0.15, 0.2) is 58.4 Å². The van der Waals surface area contributed by atoms with Crippen LogP contribution in [0.4, 0.5) is 11.4 Å². The van der Waals surface area contributed by atoms with Crippen LogP contribution in [-0.4, -0.2) is 55.4 Å². The number of hydrogen-bond donors (Lipinski definition) is 0. The molecule has 2 aromatic carbocycles. The summed E-state index contributed by atoms with van der Waals surface area (Å²) in [6, 6.07) is 14.0. The van der Waals surface area contributed by atoms with Crippen LogP contribution in [0.5, 0.6) is 5.75 Å². The van der Waals surface area contributed by atoms with Crippen LogP contribution in [0.3, 0.4) is 0 Å². The Balaban J connectivity index is 1.67. The first kappa shape index (κ1) is 26.0. The topological polar surface area (TPSA) is 54.4 Å². The number of rotatable bonds is 8. The van der Waals surface area contributed by atoms with Gasteiger partial charge >= 0.3 is 0 Å². The van der Waals surface area contributed by atoms with Gasteiger partial charge < -0.3 is 14.4 Å². The molecule has 0 unspecified atom stereocenters. The van der Waals surface area contributed by atoms with Crippen LogP contribution in [-0.2, 0) is 9.53 Å². The zero-order chi connectivity index (χ0) is 25.9. The number of thioether (sulfide) groups is 1. The number of carbonyl (C=O) groups excluding carboxylic acids is 1. The van der Waals surface area contributed by atoms with Crippen molar-refractivity contribution in [1.29, 1.82) is 0 Å². The van der Waals surface area contributed by atoms with Crippen molar-refractivity contribution in [3.05, 3.63) is 64.6 Å². The third-order valence-electron chi connectivity index (χ3n) is 6.45. The van der Waals surface area contributed by atoms with Gasteiger partial charge in [0.1, 0.15) is 5.75 Å². The summed E-state index contributed by atoms with van der Waals surface area (Å²) in [7, 11) is 3.27. The quantitative estimate of drug-likeness (QED) is 0.391. The Morgan fingerprint density at radius 3 is 2.50 bits per heavy atom. The second kappa shape index (κ2) is 10.9. The van der Waals surface area contributed by atoms with Gasteiger partial charge in [0, 0.05) is 24.9 Å². The lowest BCUT2D eigenvalue weighted by Crippen LogP contribution is -2.45. The van der Waals surface area contributed by atoms with Crippen LogP contribution in [0.2, 0.25) is 0 Å². The Hall–Kier alpha value is -3.03. The van der Waals surface area contributed by atoms with E-state index in [1.54, 1.807) is 19.1 Å². The van der Waals surface area contributed by atoms with E-state index in [-0.39, 0.29) is 11.4 Å². The third kappa shape index (κ3) is 5.37. The minimum atomic E-state index is -0.0527. The van der Waals surface area contributed by atoms with E-state index in [2.05, 4.69) is 56.9 Å². The van der Waals surface area contributed by atoms with Gasteiger partial charge in [-0.2, -0.15) is 0 Å². The Morgan fingerprint density at radius 2 is 1.83 bits per heavy atom. The molecule has 2 aromatic rings. The van der Waals surface area contributed by atoms with Crippen LogP contribution in [0.25, 0.3) is 11.6 Å². The lowest BCUT2D eigenvalue weighted by Gasteiger charge is -2.43. The molecule has 0 spiro atoms. The number of nitrogens with zero attached hydrogens (tertiary/aromatic N) is 3. The van der Waals surface area contributed by atoms with Gasteiger partial charge in [0.25, 0.3) is 5.91 Å². The van der Waals surface area contributed by atoms with Crippen molar-refractivity contribution in [2.24, 2.45) is 4.99 Å². The van der Waals surface area contributed by atoms with Crippen molar-refractivity contribution in [2.45, 2.75) is 39.7 Å². The summed E-state index contributed by atoms with van der Waals surface area (Å²) >= 11 is 1.40. The van der Waals surface area contributed by atoms with Crippen molar-refractivity contribution < 1.29 is 14.3 Å². The summed E-state index contributed by atoms with van der Waals surface area (Å²) in [4.78, 5) is 22.9. The Bertz CT molecular complexity index is 1210. The Kier molecular flexibility index (Phi) is 7.91. The number of allylic oxidation sites excluding steroid dienone is 1. The fraction of sp³-hybridized carbons (Fsp3) is 0.379. The molecule has 0 N–H and O–H groups in total. The number of aliphatic imine (C=N–C) groups is 1. The smallest absolute Gasteiger partial charge is 0.266 e. The van der Waals surface area contributed by atoms with E-state index in [1.807, 2.05) is 30.3 Å². The summed E-state index contributed by atoms with van der Waals surface area (Å²) in [6.45, 7) is 10.8. The molecule has 2 aliphatic rings. The minimum absolute atomic E-state index is 0.0288. The molecule has 0 saturated carbocycles. The highest BCUT2D eigenvalue weighted by atomic mass is 32.2. The molecular weight excluding hydrogens is 470 g/mol. The number of carbonyl (C=O) groups is 1. The van der Waals surface area contributed by atoms with Gasteiger partial charge in [-0.05, 0) is 92.6 Å². The van der Waals surface area contributed by atoms with E-state index in [0.29, 0.717) is 23.2 Å². The normalized spacial score (nSPS) is 19.2. The molecule has 2 aliphatic heterocycles. The number of fused-ring (bicyclic) bond motifs is 1. The number of amidine groups is 1. The van der Waals surface area contributed by atoms with E-state index in [4.69, 9.17) is 14.5 Å². The van der Waals surface area contributed by atoms with Crippen molar-refractivity contribution in [3.63, 3.8) is 0 Å². The zero-order valence-corrected chi connectivity index (χ0v) is 22.8. The summed E-state index contributed by atoms with van der Waals surface area (Å²) in [6.07, 6.45) is 5.39. The number of anilines is 1. The SMILES string of the molecule is CCCN1c2ccc(/C=C3/SC(=Nc4ccc(OC)cc4)N(CCOC)C3=O)cc2C(C)=CC1(C)C. The summed E-state index contributed by atoms with van der Waals surface area (Å²) < 4.78 is 10.5. The zero-order valence-electron chi connectivity index (χ0n) is 22.0. The van der Waals surface area contributed by atoms with E-state index in [9.17, 15) is 4.79 Å². The summed E-state index contributed by atoms with van der Waals surface area (Å²) in [5.41, 5.74) is 5.47. The lowest BCUT2D eigenvalue weighted by molar-refractivity contribution is -0.122. The first-order valence-electron chi connectivity index (χ1n) is 12.3. The minimum Gasteiger partial charge on any atom is -0.497 e. The van der Waals surface area contributed by atoms with Gasteiger partial charge in [-0.1, -0.05) is 19.1 Å². The highest BCUT2D eigenvalue weighted by molar-refractivity contribution is 8.18. The largest absolute Gasteiger partial charge is 0.497 e. The second-order valence-corrected chi connectivity index (χ2v) is 10.6. The molecule has 0 aliphatic carbocycles. The average molecular weight is 506 g/mol. The number of amides is 1. The number of ether oxygens (including phenoxy) is 2.